The predicted octanol–water partition coefficient (Wildman–Crippen LogP) is 3.40. The molecule has 0 bridgehead atoms. The van der Waals surface area contributed by atoms with Crippen molar-refractivity contribution in [3.8, 4) is 17.5 Å². The molecule has 3 rings (SSSR count). The van der Waals surface area contributed by atoms with E-state index in [1.54, 1.807) is 36.4 Å². The van der Waals surface area contributed by atoms with Crippen molar-refractivity contribution in [1.82, 2.24) is 4.57 Å². The average Bonchev–Trinajstić information content (AvgIpc) is 3.05. The first-order valence-electron chi connectivity index (χ1n) is 10.0. The van der Waals surface area contributed by atoms with E-state index in [0.717, 1.165) is 11.4 Å². The van der Waals surface area contributed by atoms with Crippen LogP contribution in [0.3, 0.4) is 0 Å². The van der Waals surface area contributed by atoms with Crippen LogP contribution in [0.1, 0.15) is 34.2 Å². The van der Waals surface area contributed by atoms with Crippen molar-refractivity contribution in [2.45, 2.75) is 20.8 Å². The van der Waals surface area contributed by atoms with E-state index in [2.05, 4.69) is 5.32 Å². The number of hydrogen-bond donors (Lipinski definition) is 1. The van der Waals surface area contributed by atoms with Gasteiger partial charge < -0.3 is 24.5 Å². The van der Waals surface area contributed by atoms with Gasteiger partial charge >= 0.3 is 0 Å². The highest BCUT2D eigenvalue weighted by atomic mass is 16.5. The Kier molecular flexibility index (Phi) is 6.76. The third kappa shape index (κ3) is 4.87. The maximum atomic E-state index is 12.7. The van der Waals surface area contributed by atoms with E-state index in [9.17, 15) is 20.0 Å². The molecule has 0 spiro atoms. The van der Waals surface area contributed by atoms with Crippen LogP contribution in [0.25, 0.3) is 11.8 Å². The lowest BCUT2D eigenvalue weighted by atomic mass is 10.1. The van der Waals surface area contributed by atoms with E-state index in [4.69, 9.17) is 4.74 Å². The van der Waals surface area contributed by atoms with Gasteiger partial charge in [-0.25, -0.2) is 0 Å². The standard InChI is InChI=1S/C25H23N3O4/c1-4-32-23-10-6-8-21(14-23)27-24(29)20(15-26)12-19-11-16(2)28(17(19)3)22-9-5-7-18(13-22)25(30)31/h5-14H,4H2,1-3H3,(H,27,29)(H,30,31)/p-1/b20-12+. The molecule has 1 heterocycles. The number of nitriles is 1. The number of aromatic carboxylic acids is 1. The summed E-state index contributed by atoms with van der Waals surface area (Å²) in [5, 5.41) is 23.5. The minimum atomic E-state index is -1.26. The number of benzene rings is 2. The van der Waals surface area contributed by atoms with Crippen LogP contribution in [0.2, 0.25) is 0 Å². The third-order valence-corrected chi connectivity index (χ3v) is 4.88. The number of carbonyl (C=O) groups is 2. The lowest BCUT2D eigenvalue weighted by Crippen LogP contribution is -2.22. The molecule has 1 amide bonds. The van der Waals surface area contributed by atoms with Crippen LogP contribution >= 0.6 is 0 Å². The van der Waals surface area contributed by atoms with Gasteiger partial charge in [-0.15, -0.1) is 0 Å². The van der Waals surface area contributed by atoms with E-state index in [0.29, 0.717) is 29.3 Å². The summed E-state index contributed by atoms with van der Waals surface area (Å²) >= 11 is 0. The molecule has 0 aliphatic carbocycles. The third-order valence-electron chi connectivity index (χ3n) is 4.88. The highest BCUT2D eigenvalue weighted by Gasteiger charge is 2.14. The van der Waals surface area contributed by atoms with Crippen LogP contribution in [0, 0.1) is 25.2 Å². The Labute approximate surface area is 186 Å². The normalized spacial score (nSPS) is 11.0. The number of aromatic nitrogens is 1. The van der Waals surface area contributed by atoms with E-state index in [1.165, 1.54) is 18.2 Å². The number of hydrogen-bond acceptors (Lipinski definition) is 5. The molecular weight excluding hydrogens is 406 g/mol. The molecule has 0 atom stereocenters. The predicted molar refractivity (Wildman–Crippen MR) is 119 cm³/mol. The SMILES string of the molecule is CCOc1cccc(NC(=O)/C(C#N)=C/c2cc(C)n(-c3cccc(C(=O)[O-])c3)c2C)c1. The molecule has 2 aromatic carbocycles. The van der Waals surface area contributed by atoms with Crippen LogP contribution in [0.5, 0.6) is 5.75 Å². The maximum absolute atomic E-state index is 12.7. The van der Waals surface area contributed by atoms with Gasteiger partial charge in [-0.3, -0.25) is 4.79 Å². The van der Waals surface area contributed by atoms with Gasteiger partial charge in [0.1, 0.15) is 17.4 Å². The Morgan fingerprint density at radius 3 is 2.59 bits per heavy atom. The minimum absolute atomic E-state index is 0.0597. The fraction of sp³-hybridized carbons (Fsp3) is 0.160. The molecule has 0 radical (unpaired) electrons. The monoisotopic (exact) mass is 428 g/mol. The molecule has 0 aliphatic rings. The smallest absolute Gasteiger partial charge is 0.266 e. The first-order valence-corrected chi connectivity index (χ1v) is 10.0. The van der Waals surface area contributed by atoms with E-state index in [-0.39, 0.29) is 11.1 Å². The Bertz CT molecular complexity index is 1250. The van der Waals surface area contributed by atoms with Crippen LogP contribution in [0.15, 0.2) is 60.2 Å². The number of nitrogens with one attached hydrogen (secondary N) is 1. The fourth-order valence-corrected chi connectivity index (χ4v) is 3.44. The summed E-state index contributed by atoms with van der Waals surface area (Å²) in [6.07, 6.45) is 1.52. The van der Waals surface area contributed by atoms with Crippen LogP contribution in [-0.2, 0) is 4.79 Å². The highest BCUT2D eigenvalue weighted by Crippen LogP contribution is 2.24. The molecular formula is C25H22N3O4-. The van der Waals surface area contributed by atoms with Gasteiger partial charge in [-0.05, 0) is 68.3 Å². The molecule has 1 N–H and O–H groups in total. The summed E-state index contributed by atoms with van der Waals surface area (Å²) in [5.41, 5.74) is 3.44. The zero-order valence-corrected chi connectivity index (χ0v) is 18.0. The number of ether oxygens (including phenoxy) is 1. The van der Waals surface area contributed by atoms with Gasteiger partial charge in [0.2, 0.25) is 0 Å². The van der Waals surface area contributed by atoms with Crippen molar-refractivity contribution < 1.29 is 19.4 Å². The second-order valence-electron chi connectivity index (χ2n) is 7.08. The van der Waals surface area contributed by atoms with Gasteiger partial charge in [0.05, 0.1) is 12.6 Å². The zero-order valence-electron chi connectivity index (χ0n) is 18.0. The number of nitrogens with zero attached hydrogens (tertiary/aromatic N) is 2. The molecule has 32 heavy (non-hydrogen) atoms. The van der Waals surface area contributed by atoms with E-state index < -0.39 is 11.9 Å². The number of rotatable bonds is 7. The van der Waals surface area contributed by atoms with Crippen molar-refractivity contribution in [2.24, 2.45) is 0 Å². The van der Waals surface area contributed by atoms with Gasteiger partial charge in [0.15, 0.2) is 0 Å². The Balaban J connectivity index is 1.91. The van der Waals surface area contributed by atoms with Crippen LogP contribution in [0.4, 0.5) is 5.69 Å². The average molecular weight is 428 g/mol. The number of aryl methyl sites for hydroxylation is 1. The Hall–Kier alpha value is -4.31. The number of carbonyl (C=O) groups excluding carboxylic acids is 2. The fourth-order valence-electron chi connectivity index (χ4n) is 3.44. The van der Waals surface area contributed by atoms with Crippen LogP contribution < -0.4 is 15.2 Å². The van der Waals surface area contributed by atoms with Crippen molar-refractivity contribution in [3.63, 3.8) is 0 Å². The van der Waals surface area contributed by atoms with E-state index in [1.807, 2.05) is 37.5 Å². The first-order chi connectivity index (χ1) is 15.3. The maximum Gasteiger partial charge on any atom is 0.266 e. The quantitative estimate of drug-likeness (QED) is 0.458. The van der Waals surface area contributed by atoms with Crippen molar-refractivity contribution in [3.05, 3.63) is 82.7 Å². The van der Waals surface area contributed by atoms with Gasteiger partial charge in [-0.2, -0.15) is 5.26 Å². The lowest BCUT2D eigenvalue weighted by Gasteiger charge is -2.12. The minimum Gasteiger partial charge on any atom is -0.545 e. The summed E-state index contributed by atoms with van der Waals surface area (Å²) in [7, 11) is 0. The van der Waals surface area contributed by atoms with Gasteiger partial charge in [0.25, 0.3) is 5.91 Å². The van der Waals surface area contributed by atoms with Gasteiger partial charge in [-0.1, -0.05) is 18.2 Å². The molecule has 0 saturated heterocycles. The number of carboxylic acids is 1. The van der Waals surface area contributed by atoms with Crippen molar-refractivity contribution in [1.29, 1.82) is 5.26 Å². The molecule has 162 valence electrons. The summed E-state index contributed by atoms with van der Waals surface area (Å²) < 4.78 is 7.29. The van der Waals surface area contributed by atoms with E-state index >= 15 is 0 Å². The Morgan fingerprint density at radius 1 is 1.16 bits per heavy atom. The number of anilines is 1. The summed E-state index contributed by atoms with van der Waals surface area (Å²) in [6.45, 7) is 6.07. The molecule has 7 heteroatoms. The number of carboxylic acid groups (broad SMARTS) is 1. The molecule has 0 saturated carbocycles. The second-order valence-corrected chi connectivity index (χ2v) is 7.08. The molecule has 0 aliphatic heterocycles. The molecule has 7 nitrogen and oxygen atoms in total. The second kappa shape index (κ2) is 9.67. The van der Waals surface area contributed by atoms with Crippen LogP contribution in [-0.4, -0.2) is 23.1 Å². The number of amides is 1. The molecule has 0 unspecified atom stereocenters. The molecule has 3 aromatic rings. The first kappa shape index (κ1) is 22.4. The summed E-state index contributed by atoms with van der Waals surface area (Å²) in [4.78, 5) is 23.9. The lowest BCUT2D eigenvalue weighted by molar-refractivity contribution is -0.255. The largest absolute Gasteiger partial charge is 0.545 e. The zero-order chi connectivity index (χ0) is 23.3. The molecule has 1 aromatic heterocycles. The molecule has 0 fully saturated rings. The highest BCUT2D eigenvalue weighted by molar-refractivity contribution is 6.09. The van der Waals surface area contributed by atoms with Crippen molar-refractivity contribution >= 4 is 23.6 Å². The topological polar surface area (TPSA) is 107 Å². The van der Waals surface area contributed by atoms with Gasteiger partial charge in [0, 0.05) is 28.8 Å². The van der Waals surface area contributed by atoms with Crippen molar-refractivity contribution in [2.75, 3.05) is 11.9 Å². The Morgan fingerprint density at radius 2 is 1.91 bits per heavy atom. The summed E-state index contributed by atoms with van der Waals surface area (Å²) in [6, 6.07) is 17.1. The summed E-state index contributed by atoms with van der Waals surface area (Å²) in [5.74, 6) is -1.17.